The number of nitrogens with one attached hydrogen (secondary N) is 2. The third-order valence-electron chi connectivity index (χ3n) is 4.75. The fourth-order valence-corrected chi connectivity index (χ4v) is 3.16. The topological polar surface area (TPSA) is 142 Å². The highest BCUT2D eigenvalue weighted by molar-refractivity contribution is 7.98. The molecule has 0 saturated carbocycles. The summed E-state index contributed by atoms with van der Waals surface area (Å²) in [6.07, 6.45) is 3.07. The number of aromatic hydroxyl groups is 1. The van der Waals surface area contributed by atoms with Crippen LogP contribution in [0.15, 0.2) is 24.3 Å². The van der Waals surface area contributed by atoms with Crippen molar-refractivity contribution in [2.45, 2.75) is 51.2 Å². The Hall–Kier alpha value is -2.26. The molecule has 0 bridgehead atoms. The number of phenols is 1. The molecule has 4 atom stereocenters. The third kappa shape index (κ3) is 8.33. The fraction of sp³-hybridized carbons (Fsp3) is 0.550. The number of carboxylic acid groups (broad SMARTS) is 1. The van der Waals surface area contributed by atoms with E-state index in [4.69, 9.17) is 5.73 Å². The maximum atomic E-state index is 12.8. The molecule has 0 aromatic heterocycles. The zero-order valence-corrected chi connectivity index (χ0v) is 17.9. The van der Waals surface area contributed by atoms with E-state index in [1.165, 1.54) is 12.1 Å². The lowest BCUT2D eigenvalue weighted by Crippen LogP contribution is -2.57. The summed E-state index contributed by atoms with van der Waals surface area (Å²) in [5.74, 6) is -1.57. The zero-order chi connectivity index (χ0) is 22.0. The lowest BCUT2D eigenvalue weighted by Gasteiger charge is -2.26. The molecule has 0 fully saturated rings. The summed E-state index contributed by atoms with van der Waals surface area (Å²) in [5.41, 5.74) is 6.54. The van der Waals surface area contributed by atoms with Gasteiger partial charge in [0.15, 0.2) is 0 Å². The van der Waals surface area contributed by atoms with Gasteiger partial charge in [0, 0.05) is 6.42 Å². The smallest absolute Gasteiger partial charge is 0.326 e. The Labute approximate surface area is 175 Å². The molecule has 1 aromatic carbocycles. The lowest BCUT2D eigenvalue weighted by atomic mass is 9.97. The Bertz CT molecular complexity index is 683. The van der Waals surface area contributed by atoms with Crippen LogP contribution in [0.3, 0.4) is 0 Å². The van der Waals surface area contributed by atoms with Gasteiger partial charge in [-0.05, 0) is 42.0 Å². The van der Waals surface area contributed by atoms with Gasteiger partial charge in [-0.3, -0.25) is 9.59 Å². The number of phenolic OH excluding ortho intramolecular Hbond substituents is 1. The van der Waals surface area contributed by atoms with Crippen LogP contribution < -0.4 is 16.4 Å². The standard InChI is InChI=1S/C20H31N3O5S/c1-4-12(2)17(23-18(25)15(21)9-10-29-3)19(26)22-16(20(27)28)11-13-5-7-14(24)8-6-13/h5-8,12,15-17,24H,4,9-11,21H2,1-3H3,(H,22,26)(H,23,25)(H,27,28). The molecule has 0 heterocycles. The van der Waals surface area contributed by atoms with E-state index in [0.29, 0.717) is 18.4 Å². The van der Waals surface area contributed by atoms with Crippen LogP contribution in [0.1, 0.15) is 32.3 Å². The number of nitrogens with two attached hydrogens (primary N) is 1. The highest BCUT2D eigenvalue weighted by Gasteiger charge is 2.31. The van der Waals surface area contributed by atoms with Crippen molar-refractivity contribution >= 4 is 29.5 Å². The van der Waals surface area contributed by atoms with Crippen molar-refractivity contribution in [1.82, 2.24) is 10.6 Å². The van der Waals surface area contributed by atoms with Gasteiger partial charge in [0.05, 0.1) is 6.04 Å². The average molecular weight is 426 g/mol. The number of benzene rings is 1. The third-order valence-corrected chi connectivity index (χ3v) is 5.40. The largest absolute Gasteiger partial charge is 0.508 e. The molecule has 8 nitrogen and oxygen atoms in total. The number of hydrogen-bond donors (Lipinski definition) is 5. The first kappa shape index (κ1) is 24.8. The van der Waals surface area contributed by atoms with E-state index in [0.717, 1.165) is 5.75 Å². The van der Waals surface area contributed by atoms with Gasteiger partial charge in [0.2, 0.25) is 11.8 Å². The van der Waals surface area contributed by atoms with E-state index in [2.05, 4.69) is 10.6 Å². The molecule has 162 valence electrons. The summed E-state index contributed by atoms with van der Waals surface area (Å²) < 4.78 is 0. The summed E-state index contributed by atoms with van der Waals surface area (Å²) in [5, 5.41) is 24.1. The predicted octanol–water partition coefficient (Wildman–Crippen LogP) is 1.12. The van der Waals surface area contributed by atoms with Crippen molar-refractivity contribution in [2.24, 2.45) is 11.7 Å². The van der Waals surface area contributed by atoms with Gasteiger partial charge < -0.3 is 26.6 Å². The maximum absolute atomic E-state index is 12.8. The fourth-order valence-electron chi connectivity index (χ4n) is 2.67. The van der Waals surface area contributed by atoms with E-state index in [9.17, 15) is 24.6 Å². The molecule has 0 spiro atoms. The number of carbonyl (C=O) groups is 3. The maximum Gasteiger partial charge on any atom is 0.326 e. The molecule has 6 N–H and O–H groups in total. The molecular formula is C20H31N3O5S. The van der Waals surface area contributed by atoms with Crippen LogP contribution in [-0.4, -0.2) is 58.1 Å². The molecule has 0 saturated heterocycles. The van der Waals surface area contributed by atoms with Crippen LogP contribution in [0, 0.1) is 5.92 Å². The number of aliphatic carboxylic acids is 1. The van der Waals surface area contributed by atoms with Gasteiger partial charge in [-0.1, -0.05) is 32.4 Å². The first-order chi connectivity index (χ1) is 13.7. The molecule has 0 aliphatic carbocycles. The van der Waals surface area contributed by atoms with E-state index >= 15 is 0 Å². The minimum absolute atomic E-state index is 0.0514. The first-order valence-electron chi connectivity index (χ1n) is 9.55. The van der Waals surface area contributed by atoms with E-state index in [1.807, 2.05) is 20.1 Å². The van der Waals surface area contributed by atoms with Gasteiger partial charge in [-0.15, -0.1) is 0 Å². The van der Waals surface area contributed by atoms with E-state index in [1.54, 1.807) is 23.9 Å². The molecule has 29 heavy (non-hydrogen) atoms. The Morgan fingerprint density at radius 2 is 1.76 bits per heavy atom. The van der Waals surface area contributed by atoms with Crippen molar-refractivity contribution in [3.63, 3.8) is 0 Å². The second-order valence-electron chi connectivity index (χ2n) is 7.03. The highest BCUT2D eigenvalue weighted by atomic mass is 32.2. The first-order valence-corrected chi connectivity index (χ1v) is 10.9. The molecule has 0 radical (unpaired) electrons. The van der Waals surface area contributed by atoms with Crippen molar-refractivity contribution in [1.29, 1.82) is 0 Å². The van der Waals surface area contributed by atoms with Crippen LogP contribution in [0.2, 0.25) is 0 Å². The molecule has 0 aliphatic heterocycles. The van der Waals surface area contributed by atoms with Crippen LogP contribution in [-0.2, 0) is 20.8 Å². The zero-order valence-electron chi connectivity index (χ0n) is 17.1. The quantitative estimate of drug-likeness (QED) is 0.338. The number of carbonyl (C=O) groups excluding carboxylic acids is 2. The van der Waals surface area contributed by atoms with Crippen LogP contribution in [0.5, 0.6) is 5.75 Å². The van der Waals surface area contributed by atoms with Crippen LogP contribution in [0.25, 0.3) is 0 Å². The monoisotopic (exact) mass is 425 g/mol. The Balaban J connectivity index is 2.86. The SMILES string of the molecule is CCC(C)C(NC(=O)C(N)CCSC)C(=O)NC(Cc1ccc(O)cc1)C(=O)O. The summed E-state index contributed by atoms with van der Waals surface area (Å²) >= 11 is 1.58. The number of carboxylic acids is 1. The Morgan fingerprint density at radius 3 is 2.28 bits per heavy atom. The molecule has 1 aromatic rings. The molecule has 1 rings (SSSR count). The van der Waals surface area contributed by atoms with Gasteiger partial charge in [-0.25, -0.2) is 4.79 Å². The number of amides is 2. The van der Waals surface area contributed by atoms with Gasteiger partial charge in [0.1, 0.15) is 17.8 Å². The van der Waals surface area contributed by atoms with Crippen LogP contribution >= 0.6 is 11.8 Å². The average Bonchev–Trinajstić information content (AvgIpc) is 2.70. The molecule has 4 unspecified atom stereocenters. The summed E-state index contributed by atoms with van der Waals surface area (Å²) in [7, 11) is 0. The lowest BCUT2D eigenvalue weighted by molar-refractivity contribution is -0.142. The Morgan fingerprint density at radius 1 is 1.14 bits per heavy atom. The minimum Gasteiger partial charge on any atom is -0.508 e. The predicted molar refractivity (Wildman–Crippen MR) is 114 cm³/mol. The Kier molecular flexibility index (Phi) is 10.5. The normalized spacial score (nSPS) is 15.0. The summed E-state index contributed by atoms with van der Waals surface area (Å²) in [6.45, 7) is 3.70. The number of thioether (sulfide) groups is 1. The second-order valence-corrected chi connectivity index (χ2v) is 8.02. The van der Waals surface area contributed by atoms with Crippen molar-refractivity contribution in [3.05, 3.63) is 29.8 Å². The second kappa shape index (κ2) is 12.3. The molecular weight excluding hydrogens is 394 g/mol. The van der Waals surface area contributed by atoms with Crippen molar-refractivity contribution in [2.75, 3.05) is 12.0 Å². The molecule has 2 amide bonds. The van der Waals surface area contributed by atoms with Crippen molar-refractivity contribution < 1.29 is 24.6 Å². The van der Waals surface area contributed by atoms with E-state index in [-0.39, 0.29) is 18.1 Å². The van der Waals surface area contributed by atoms with Crippen LogP contribution in [0.4, 0.5) is 0 Å². The molecule has 9 heteroatoms. The van der Waals surface area contributed by atoms with Gasteiger partial charge in [0.25, 0.3) is 0 Å². The van der Waals surface area contributed by atoms with Crippen molar-refractivity contribution in [3.8, 4) is 5.75 Å². The molecule has 0 aliphatic rings. The minimum atomic E-state index is -1.18. The highest BCUT2D eigenvalue weighted by Crippen LogP contribution is 2.13. The number of rotatable bonds is 12. The van der Waals surface area contributed by atoms with E-state index < -0.39 is 35.9 Å². The summed E-state index contributed by atoms with van der Waals surface area (Å²) in [4.78, 5) is 36.8. The van der Waals surface area contributed by atoms with Gasteiger partial charge >= 0.3 is 5.97 Å². The van der Waals surface area contributed by atoms with Gasteiger partial charge in [-0.2, -0.15) is 11.8 Å². The number of hydrogen-bond acceptors (Lipinski definition) is 6. The summed E-state index contributed by atoms with van der Waals surface area (Å²) in [6, 6.07) is 3.32.